The summed E-state index contributed by atoms with van der Waals surface area (Å²) in [5.74, 6) is 0.791. The zero-order valence-corrected chi connectivity index (χ0v) is 11.8. The molecular formula is C16H22N2O. The van der Waals surface area contributed by atoms with Gasteiger partial charge in [-0.25, -0.2) is 0 Å². The lowest BCUT2D eigenvalue weighted by Crippen LogP contribution is -2.37. The minimum atomic E-state index is 0.651. The van der Waals surface area contributed by atoms with Crippen LogP contribution in [0.2, 0.25) is 0 Å². The van der Waals surface area contributed by atoms with Gasteiger partial charge < -0.3 is 4.74 Å². The second kappa shape index (κ2) is 6.58. The molecule has 102 valence electrons. The first-order valence-corrected chi connectivity index (χ1v) is 7.13. The van der Waals surface area contributed by atoms with Crippen LogP contribution in [0, 0.1) is 11.3 Å². The van der Waals surface area contributed by atoms with Crippen molar-refractivity contribution in [2.45, 2.75) is 45.2 Å². The molecule has 2 rings (SSSR count). The summed E-state index contributed by atoms with van der Waals surface area (Å²) in [5.41, 5.74) is 0.651. The first-order valence-electron chi connectivity index (χ1n) is 7.13. The van der Waals surface area contributed by atoms with E-state index in [1.54, 1.807) is 12.1 Å². The average molecular weight is 258 g/mol. The molecule has 0 saturated carbocycles. The third-order valence-electron chi connectivity index (χ3n) is 4.01. The van der Waals surface area contributed by atoms with Crippen molar-refractivity contribution in [3.63, 3.8) is 0 Å². The Labute approximate surface area is 115 Å². The number of likely N-dealkylation sites (tertiary alicyclic amines) is 1. The molecule has 2 unspecified atom stereocenters. The lowest BCUT2D eigenvalue weighted by atomic mass is 10.1. The van der Waals surface area contributed by atoms with Gasteiger partial charge in [-0.1, -0.05) is 13.0 Å². The van der Waals surface area contributed by atoms with Gasteiger partial charge in [0.1, 0.15) is 12.4 Å². The van der Waals surface area contributed by atoms with Crippen molar-refractivity contribution in [2.24, 2.45) is 0 Å². The molecule has 0 aromatic heterocycles. The number of nitriles is 1. The predicted molar refractivity (Wildman–Crippen MR) is 76.1 cm³/mol. The maximum absolute atomic E-state index is 8.85. The van der Waals surface area contributed by atoms with E-state index in [2.05, 4.69) is 24.8 Å². The first-order chi connectivity index (χ1) is 9.24. The number of nitrogens with zero attached hydrogens (tertiary/aromatic N) is 2. The molecule has 3 nitrogen and oxygen atoms in total. The van der Waals surface area contributed by atoms with Crippen LogP contribution in [-0.2, 0) is 0 Å². The number of hydrogen-bond donors (Lipinski definition) is 0. The molecule has 3 heteroatoms. The highest BCUT2D eigenvalue weighted by atomic mass is 16.5. The fourth-order valence-corrected chi connectivity index (χ4v) is 2.89. The average Bonchev–Trinajstić information content (AvgIpc) is 2.80. The largest absolute Gasteiger partial charge is 0.492 e. The molecule has 0 radical (unpaired) electrons. The quantitative estimate of drug-likeness (QED) is 0.813. The van der Waals surface area contributed by atoms with Crippen LogP contribution in [0.5, 0.6) is 5.75 Å². The van der Waals surface area contributed by atoms with E-state index in [1.165, 1.54) is 19.3 Å². The van der Waals surface area contributed by atoms with Gasteiger partial charge in [-0.15, -0.1) is 0 Å². The van der Waals surface area contributed by atoms with E-state index in [4.69, 9.17) is 10.00 Å². The Balaban J connectivity index is 1.84. The van der Waals surface area contributed by atoms with E-state index in [0.717, 1.165) is 12.3 Å². The summed E-state index contributed by atoms with van der Waals surface area (Å²) in [6.07, 6.45) is 3.82. The summed E-state index contributed by atoms with van der Waals surface area (Å²) < 4.78 is 5.76. The van der Waals surface area contributed by atoms with Crippen LogP contribution in [0.3, 0.4) is 0 Å². The van der Waals surface area contributed by atoms with E-state index in [9.17, 15) is 0 Å². The first kappa shape index (κ1) is 13.9. The van der Waals surface area contributed by atoms with Crippen molar-refractivity contribution >= 4 is 0 Å². The minimum Gasteiger partial charge on any atom is -0.492 e. The maximum Gasteiger partial charge on any atom is 0.120 e. The second-order valence-electron chi connectivity index (χ2n) is 5.21. The van der Waals surface area contributed by atoms with Gasteiger partial charge in [0.25, 0.3) is 0 Å². The topological polar surface area (TPSA) is 36.3 Å². The normalized spacial score (nSPS) is 23.2. The van der Waals surface area contributed by atoms with E-state index in [0.29, 0.717) is 24.3 Å². The highest BCUT2D eigenvalue weighted by Crippen LogP contribution is 2.25. The van der Waals surface area contributed by atoms with E-state index in [-0.39, 0.29) is 0 Å². The minimum absolute atomic E-state index is 0.651. The maximum atomic E-state index is 8.85. The van der Waals surface area contributed by atoms with Crippen molar-refractivity contribution in [1.82, 2.24) is 4.90 Å². The van der Waals surface area contributed by atoms with Crippen molar-refractivity contribution in [1.29, 1.82) is 5.26 Å². The summed E-state index contributed by atoms with van der Waals surface area (Å²) in [4.78, 5) is 2.55. The van der Waals surface area contributed by atoms with Gasteiger partial charge in [-0.3, -0.25) is 4.90 Å². The van der Waals surface area contributed by atoms with Crippen LogP contribution in [0.15, 0.2) is 24.3 Å². The number of ether oxygens (including phenoxy) is 1. The Morgan fingerprint density at radius 3 is 3.00 bits per heavy atom. The molecule has 0 amide bonds. The molecule has 1 aromatic carbocycles. The smallest absolute Gasteiger partial charge is 0.120 e. The van der Waals surface area contributed by atoms with Crippen molar-refractivity contribution in [2.75, 3.05) is 13.2 Å². The fourth-order valence-electron chi connectivity index (χ4n) is 2.89. The lowest BCUT2D eigenvalue weighted by molar-refractivity contribution is 0.159. The Bertz CT molecular complexity index is 452. The van der Waals surface area contributed by atoms with Crippen molar-refractivity contribution in [3.8, 4) is 11.8 Å². The summed E-state index contributed by atoms with van der Waals surface area (Å²) in [5, 5.41) is 8.85. The summed E-state index contributed by atoms with van der Waals surface area (Å²) in [6.45, 7) is 6.21. The molecule has 2 atom stereocenters. The summed E-state index contributed by atoms with van der Waals surface area (Å²) >= 11 is 0. The van der Waals surface area contributed by atoms with Gasteiger partial charge in [-0.2, -0.15) is 5.26 Å². The fraction of sp³-hybridized carbons (Fsp3) is 0.562. The van der Waals surface area contributed by atoms with Gasteiger partial charge in [-0.05, 0) is 44.4 Å². The zero-order chi connectivity index (χ0) is 13.7. The molecule has 1 aliphatic heterocycles. The molecule has 1 aliphatic rings. The van der Waals surface area contributed by atoms with E-state index in [1.807, 2.05) is 12.1 Å². The molecular weight excluding hydrogens is 236 g/mol. The summed E-state index contributed by atoms with van der Waals surface area (Å²) in [7, 11) is 0. The predicted octanol–water partition coefficient (Wildman–Crippen LogP) is 3.20. The van der Waals surface area contributed by atoms with Crippen LogP contribution in [-0.4, -0.2) is 30.1 Å². The van der Waals surface area contributed by atoms with Gasteiger partial charge in [0.2, 0.25) is 0 Å². The monoisotopic (exact) mass is 258 g/mol. The Hall–Kier alpha value is -1.53. The molecule has 0 aliphatic carbocycles. The Kier molecular flexibility index (Phi) is 4.81. The Morgan fingerprint density at radius 2 is 2.26 bits per heavy atom. The molecule has 1 heterocycles. The third kappa shape index (κ3) is 3.48. The standard InChI is InChI=1S/C16H22N2O/c1-3-15-8-7-13(2)18(15)9-10-19-16-6-4-5-14(11-16)12-17/h4-6,11,13,15H,3,7-10H2,1-2H3. The number of rotatable bonds is 5. The van der Waals surface area contributed by atoms with Crippen molar-refractivity contribution < 1.29 is 4.74 Å². The van der Waals surface area contributed by atoms with Gasteiger partial charge in [0.05, 0.1) is 11.6 Å². The lowest BCUT2D eigenvalue weighted by Gasteiger charge is -2.27. The Morgan fingerprint density at radius 1 is 1.42 bits per heavy atom. The van der Waals surface area contributed by atoms with Crippen LogP contribution >= 0.6 is 0 Å². The van der Waals surface area contributed by atoms with Gasteiger partial charge in [0.15, 0.2) is 0 Å². The van der Waals surface area contributed by atoms with Crippen LogP contribution < -0.4 is 4.74 Å². The van der Waals surface area contributed by atoms with Gasteiger partial charge in [0, 0.05) is 18.6 Å². The number of benzene rings is 1. The van der Waals surface area contributed by atoms with E-state index >= 15 is 0 Å². The molecule has 19 heavy (non-hydrogen) atoms. The molecule has 1 aromatic rings. The zero-order valence-electron chi connectivity index (χ0n) is 11.8. The molecule has 0 bridgehead atoms. The van der Waals surface area contributed by atoms with Crippen LogP contribution in [0.4, 0.5) is 0 Å². The molecule has 1 fully saturated rings. The molecule has 0 N–H and O–H groups in total. The molecule has 0 spiro atoms. The van der Waals surface area contributed by atoms with Crippen LogP contribution in [0.25, 0.3) is 0 Å². The number of hydrogen-bond acceptors (Lipinski definition) is 3. The van der Waals surface area contributed by atoms with Crippen LogP contribution in [0.1, 0.15) is 38.7 Å². The van der Waals surface area contributed by atoms with Gasteiger partial charge >= 0.3 is 0 Å². The van der Waals surface area contributed by atoms with E-state index < -0.39 is 0 Å². The second-order valence-corrected chi connectivity index (χ2v) is 5.21. The highest BCUT2D eigenvalue weighted by molar-refractivity contribution is 5.36. The SMILES string of the molecule is CCC1CCC(C)N1CCOc1cccc(C#N)c1. The van der Waals surface area contributed by atoms with Crippen molar-refractivity contribution in [3.05, 3.63) is 29.8 Å². The third-order valence-corrected chi connectivity index (χ3v) is 4.01. The molecule has 1 saturated heterocycles. The highest BCUT2D eigenvalue weighted by Gasteiger charge is 2.28. The summed E-state index contributed by atoms with van der Waals surface area (Å²) in [6, 6.07) is 10.9.